The van der Waals surface area contributed by atoms with E-state index in [-0.39, 0.29) is 12.5 Å². The second-order valence-electron chi connectivity index (χ2n) is 2.83. The van der Waals surface area contributed by atoms with Crippen molar-refractivity contribution in [2.45, 2.75) is 12.5 Å². The minimum atomic E-state index is -0.414. The van der Waals surface area contributed by atoms with Crippen LogP contribution < -0.4 is 11.5 Å². The molecule has 13 heavy (non-hydrogen) atoms. The van der Waals surface area contributed by atoms with Crippen LogP contribution in [0, 0.1) is 0 Å². The smallest absolute Gasteiger partial charge is 0.219 e. The summed E-state index contributed by atoms with van der Waals surface area (Å²) in [5, 5.41) is 4.04. The Hall–Kier alpha value is -0.880. The number of rotatable bonds is 3. The molecule has 1 unspecified atom stereocenters. The zero-order valence-electron chi connectivity index (χ0n) is 7.20. The second kappa shape index (κ2) is 3.89. The van der Waals surface area contributed by atoms with Crippen LogP contribution in [-0.2, 0) is 11.8 Å². The lowest BCUT2D eigenvalue weighted by Gasteiger charge is -2.06. The number of hydrogen-bond acceptors (Lipinski definition) is 3. The first-order valence-corrected chi connectivity index (χ1v) is 4.53. The number of nitrogens with two attached hydrogens (primary N) is 2. The van der Waals surface area contributed by atoms with Crippen LogP contribution in [0.1, 0.15) is 18.0 Å². The molecule has 0 aromatic carbocycles. The van der Waals surface area contributed by atoms with Crippen LogP contribution in [0.4, 0.5) is 0 Å². The number of carbonyl (C=O) groups excluding carboxylic acids is 1. The Morgan fingerprint density at radius 2 is 2.46 bits per heavy atom. The largest absolute Gasteiger partial charge is 0.370 e. The van der Waals surface area contributed by atoms with Crippen LogP contribution in [0.3, 0.4) is 0 Å². The maximum absolute atomic E-state index is 10.6. The van der Waals surface area contributed by atoms with Crippen molar-refractivity contribution in [1.29, 1.82) is 0 Å². The van der Waals surface area contributed by atoms with Gasteiger partial charge in [0.25, 0.3) is 0 Å². The van der Waals surface area contributed by atoms with Crippen LogP contribution in [0.15, 0.2) is 10.8 Å². The summed E-state index contributed by atoms with van der Waals surface area (Å²) in [7, 11) is 1.78. The number of aryl methyl sites for hydroxylation is 1. The van der Waals surface area contributed by atoms with E-state index in [1.54, 1.807) is 17.9 Å². The fraction of sp³-hybridized carbons (Fsp3) is 0.429. The highest BCUT2D eigenvalue weighted by molar-refractivity contribution is 9.10. The van der Waals surface area contributed by atoms with Gasteiger partial charge in [-0.25, -0.2) is 0 Å². The Bertz CT molecular complexity index is 322. The number of aromatic nitrogens is 2. The van der Waals surface area contributed by atoms with Crippen molar-refractivity contribution < 1.29 is 4.79 Å². The third-order valence-electron chi connectivity index (χ3n) is 1.63. The number of primary amides is 1. The lowest BCUT2D eigenvalue weighted by molar-refractivity contribution is -0.118. The van der Waals surface area contributed by atoms with Crippen molar-refractivity contribution in [3.63, 3.8) is 0 Å². The average Bonchev–Trinajstić information content (AvgIpc) is 2.28. The van der Waals surface area contributed by atoms with Crippen LogP contribution in [0.25, 0.3) is 0 Å². The van der Waals surface area contributed by atoms with Gasteiger partial charge < -0.3 is 11.5 Å². The van der Waals surface area contributed by atoms with E-state index in [0.29, 0.717) is 4.60 Å². The van der Waals surface area contributed by atoms with E-state index in [4.69, 9.17) is 11.5 Å². The molecule has 1 aromatic heterocycles. The first-order valence-electron chi connectivity index (χ1n) is 3.73. The Morgan fingerprint density at radius 1 is 1.85 bits per heavy atom. The van der Waals surface area contributed by atoms with E-state index in [2.05, 4.69) is 21.0 Å². The van der Waals surface area contributed by atoms with Gasteiger partial charge in [0.2, 0.25) is 5.91 Å². The summed E-state index contributed by atoms with van der Waals surface area (Å²) in [6, 6.07) is -0.388. The first-order chi connectivity index (χ1) is 6.00. The van der Waals surface area contributed by atoms with E-state index in [1.807, 2.05) is 0 Å². The highest BCUT2D eigenvalue weighted by Crippen LogP contribution is 2.21. The molecule has 0 fully saturated rings. The van der Waals surface area contributed by atoms with Gasteiger partial charge in [-0.2, -0.15) is 5.10 Å². The van der Waals surface area contributed by atoms with Crippen molar-refractivity contribution >= 4 is 21.8 Å². The molecule has 72 valence electrons. The number of carbonyl (C=O) groups is 1. The quantitative estimate of drug-likeness (QED) is 0.791. The van der Waals surface area contributed by atoms with Gasteiger partial charge in [0.05, 0.1) is 0 Å². The van der Waals surface area contributed by atoms with Crippen LogP contribution in [0.2, 0.25) is 0 Å². The molecule has 0 saturated heterocycles. The minimum absolute atomic E-state index is 0.129. The molecule has 0 radical (unpaired) electrons. The fourth-order valence-electron chi connectivity index (χ4n) is 1.06. The van der Waals surface area contributed by atoms with Crippen LogP contribution in [0.5, 0.6) is 0 Å². The summed E-state index contributed by atoms with van der Waals surface area (Å²) in [5.41, 5.74) is 11.5. The molecular formula is C7H11BrN4O. The molecule has 1 heterocycles. The lowest BCUT2D eigenvalue weighted by Crippen LogP contribution is -2.20. The molecule has 1 amide bonds. The molecule has 1 rings (SSSR count). The van der Waals surface area contributed by atoms with Crippen molar-refractivity contribution in [2.75, 3.05) is 0 Å². The first kappa shape index (κ1) is 10.2. The Labute approximate surface area is 84.2 Å². The molecule has 0 spiro atoms. The third-order valence-corrected chi connectivity index (χ3v) is 2.25. The molecule has 0 aliphatic carbocycles. The summed E-state index contributed by atoms with van der Waals surface area (Å²) in [5.74, 6) is -0.414. The van der Waals surface area contributed by atoms with Gasteiger partial charge >= 0.3 is 0 Å². The highest BCUT2D eigenvalue weighted by atomic mass is 79.9. The Balaban J connectivity index is 2.81. The Kier molecular flexibility index (Phi) is 3.05. The van der Waals surface area contributed by atoms with E-state index in [1.165, 1.54) is 0 Å². The van der Waals surface area contributed by atoms with Gasteiger partial charge in [-0.05, 0) is 15.9 Å². The molecule has 6 heteroatoms. The maximum atomic E-state index is 10.6. The number of hydrogen-bond donors (Lipinski definition) is 2. The van der Waals surface area contributed by atoms with Gasteiger partial charge in [0.1, 0.15) is 4.60 Å². The summed E-state index contributed by atoms with van der Waals surface area (Å²) in [4.78, 5) is 10.6. The van der Waals surface area contributed by atoms with E-state index >= 15 is 0 Å². The molecular weight excluding hydrogens is 236 g/mol. The molecule has 1 aromatic rings. The van der Waals surface area contributed by atoms with Crippen LogP contribution >= 0.6 is 15.9 Å². The molecule has 0 aliphatic heterocycles. The van der Waals surface area contributed by atoms with Crippen molar-refractivity contribution in [3.8, 4) is 0 Å². The van der Waals surface area contributed by atoms with Crippen molar-refractivity contribution in [3.05, 3.63) is 16.4 Å². The van der Waals surface area contributed by atoms with E-state index in [0.717, 1.165) is 5.56 Å². The number of amides is 1. The highest BCUT2D eigenvalue weighted by Gasteiger charge is 2.14. The minimum Gasteiger partial charge on any atom is -0.370 e. The molecule has 0 saturated carbocycles. The third kappa shape index (κ3) is 2.53. The summed E-state index contributed by atoms with van der Waals surface area (Å²) in [6.07, 6.45) is 1.89. The summed E-state index contributed by atoms with van der Waals surface area (Å²) in [6.45, 7) is 0. The van der Waals surface area contributed by atoms with Gasteiger partial charge in [0.15, 0.2) is 0 Å². The van der Waals surface area contributed by atoms with E-state index < -0.39 is 5.91 Å². The summed E-state index contributed by atoms with van der Waals surface area (Å²) >= 11 is 3.24. The van der Waals surface area contributed by atoms with Crippen molar-refractivity contribution in [2.24, 2.45) is 18.5 Å². The number of halogens is 1. The molecule has 1 atom stereocenters. The Morgan fingerprint density at radius 3 is 2.85 bits per heavy atom. The average molecular weight is 247 g/mol. The van der Waals surface area contributed by atoms with Gasteiger partial charge in [0, 0.05) is 31.3 Å². The van der Waals surface area contributed by atoms with Gasteiger partial charge in [-0.3, -0.25) is 9.48 Å². The van der Waals surface area contributed by atoms with Crippen LogP contribution in [-0.4, -0.2) is 15.7 Å². The number of nitrogens with zero attached hydrogens (tertiary/aromatic N) is 2. The standard InChI is InChI=1S/C7H11BrN4O/c1-12-3-4(7(8)11-12)5(9)2-6(10)13/h3,5H,2,9H2,1H3,(H2,10,13). The zero-order valence-corrected chi connectivity index (χ0v) is 8.78. The monoisotopic (exact) mass is 246 g/mol. The molecule has 0 aliphatic rings. The predicted octanol–water partition coefficient (Wildman–Crippen LogP) is 0.0578. The molecule has 5 nitrogen and oxygen atoms in total. The van der Waals surface area contributed by atoms with Gasteiger partial charge in [-0.1, -0.05) is 0 Å². The predicted molar refractivity (Wildman–Crippen MR) is 51.6 cm³/mol. The summed E-state index contributed by atoms with van der Waals surface area (Å²) < 4.78 is 2.28. The normalized spacial score (nSPS) is 12.8. The second-order valence-corrected chi connectivity index (χ2v) is 3.58. The maximum Gasteiger partial charge on any atom is 0.219 e. The SMILES string of the molecule is Cn1cc(C(N)CC(N)=O)c(Br)n1. The van der Waals surface area contributed by atoms with Gasteiger partial charge in [-0.15, -0.1) is 0 Å². The lowest BCUT2D eigenvalue weighted by atomic mass is 10.1. The topological polar surface area (TPSA) is 86.9 Å². The molecule has 4 N–H and O–H groups in total. The van der Waals surface area contributed by atoms with Crippen molar-refractivity contribution in [1.82, 2.24) is 9.78 Å². The fourth-order valence-corrected chi connectivity index (χ4v) is 1.70. The molecule has 0 bridgehead atoms. The zero-order chi connectivity index (χ0) is 10.0. The van der Waals surface area contributed by atoms with E-state index in [9.17, 15) is 4.79 Å².